The van der Waals surface area contributed by atoms with Crippen LogP contribution in [0.4, 0.5) is 5.95 Å². The third kappa shape index (κ3) is 3.13. The molecule has 2 heterocycles. The highest BCUT2D eigenvalue weighted by Crippen LogP contribution is 2.19. The summed E-state index contributed by atoms with van der Waals surface area (Å²) in [5.41, 5.74) is 0.548. The van der Waals surface area contributed by atoms with Crippen molar-refractivity contribution >= 4 is 17.6 Å². The summed E-state index contributed by atoms with van der Waals surface area (Å²) in [6.07, 6.45) is 4.28. The van der Waals surface area contributed by atoms with Gasteiger partial charge in [-0.25, -0.2) is 14.8 Å². The number of aromatic nitrogens is 3. The molecule has 0 fully saturated rings. The Bertz CT molecular complexity index is 640. The lowest BCUT2D eigenvalue weighted by Crippen LogP contribution is -2.40. The summed E-state index contributed by atoms with van der Waals surface area (Å²) in [6.45, 7) is 4.61. The molecule has 0 radical (unpaired) electrons. The zero-order chi connectivity index (χ0) is 15.5. The average Bonchev–Trinajstić information content (AvgIpc) is 2.95. The van der Waals surface area contributed by atoms with Gasteiger partial charge in [-0.2, -0.15) is 0 Å². The highest BCUT2D eigenvalue weighted by Gasteiger charge is 2.24. The molecule has 2 rings (SSSR count). The Balaban J connectivity index is 2.46. The lowest BCUT2D eigenvalue weighted by Gasteiger charge is -2.29. The first-order chi connectivity index (χ1) is 10.0. The van der Waals surface area contributed by atoms with Gasteiger partial charge in [0.15, 0.2) is 5.69 Å². The highest BCUT2D eigenvalue weighted by molar-refractivity contribution is 5.88. The van der Waals surface area contributed by atoms with Gasteiger partial charge in [-0.15, -0.1) is 0 Å². The number of nitrogens with one attached hydrogen (secondary N) is 1. The summed E-state index contributed by atoms with van der Waals surface area (Å²) in [6, 6.07) is 1.59. The van der Waals surface area contributed by atoms with E-state index in [1.54, 1.807) is 30.0 Å². The van der Waals surface area contributed by atoms with Crippen molar-refractivity contribution in [2.45, 2.75) is 25.8 Å². The van der Waals surface area contributed by atoms with Crippen LogP contribution >= 0.6 is 0 Å². The van der Waals surface area contributed by atoms with E-state index in [2.05, 4.69) is 22.2 Å². The van der Waals surface area contributed by atoms with Crippen LogP contribution in [0.3, 0.4) is 0 Å². The molecule has 0 aliphatic heterocycles. The van der Waals surface area contributed by atoms with Gasteiger partial charge in [-0.1, -0.05) is 6.92 Å². The Labute approximate surface area is 123 Å². The number of rotatable bonds is 6. The first kappa shape index (κ1) is 15.2. The first-order valence-corrected chi connectivity index (χ1v) is 6.72. The number of nitrogens with zero attached hydrogens (tertiary/aromatic N) is 3. The second-order valence-electron chi connectivity index (χ2n) is 5.08. The zero-order valence-corrected chi connectivity index (χ0v) is 12.7. The van der Waals surface area contributed by atoms with E-state index < -0.39 is 5.97 Å². The van der Waals surface area contributed by atoms with Crippen molar-refractivity contribution in [1.82, 2.24) is 14.4 Å². The van der Waals surface area contributed by atoms with Crippen molar-refractivity contribution in [1.29, 1.82) is 0 Å². The second kappa shape index (κ2) is 6.09. The third-order valence-electron chi connectivity index (χ3n) is 3.44. The van der Waals surface area contributed by atoms with Gasteiger partial charge in [-0.05, 0) is 13.3 Å². The molecule has 7 nitrogen and oxygen atoms in total. The molecule has 0 aromatic carbocycles. The van der Waals surface area contributed by atoms with E-state index in [4.69, 9.17) is 9.47 Å². The summed E-state index contributed by atoms with van der Waals surface area (Å²) < 4.78 is 11.8. The fourth-order valence-corrected chi connectivity index (χ4v) is 2.04. The molecule has 1 atom stereocenters. The Morgan fingerprint density at radius 1 is 1.48 bits per heavy atom. The Morgan fingerprint density at radius 3 is 2.86 bits per heavy atom. The van der Waals surface area contributed by atoms with Gasteiger partial charge in [0.1, 0.15) is 5.65 Å². The number of methoxy groups -OCH3 is 2. The van der Waals surface area contributed by atoms with Crippen LogP contribution in [0.5, 0.6) is 0 Å². The molecular formula is C14H20N4O3. The highest BCUT2D eigenvalue weighted by atomic mass is 16.5. The summed E-state index contributed by atoms with van der Waals surface area (Å²) in [4.78, 5) is 20.3. The molecule has 0 spiro atoms. The predicted octanol–water partition coefficient (Wildman–Crippen LogP) is 1.74. The minimum absolute atomic E-state index is 0.217. The number of carbonyl (C=O) groups excluding carboxylic acids is 1. The van der Waals surface area contributed by atoms with E-state index in [1.165, 1.54) is 7.11 Å². The molecule has 1 N–H and O–H groups in total. The van der Waals surface area contributed by atoms with Crippen LogP contribution in [-0.2, 0) is 9.47 Å². The van der Waals surface area contributed by atoms with E-state index in [0.717, 1.165) is 6.42 Å². The Hall–Kier alpha value is -2.15. The number of hydrogen-bond donors (Lipinski definition) is 1. The molecular weight excluding hydrogens is 272 g/mol. The van der Waals surface area contributed by atoms with Gasteiger partial charge in [0.2, 0.25) is 5.95 Å². The minimum atomic E-state index is -0.492. The van der Waals surface area contributed by atoms with Gasteiger partial charge >= 0.3 is 5.97 Å². The molecule has 0 saturated heterocycles. The fourth-order valence-electron chi connectivity index (χ4n) is 2.04. The number of imidazole rings is 1. The molecule has 2 aromatic rings. The smallest absolute Gasteiger partial charge is 0.356 e. The van der Waals surface area contributed by atoms with Crippen LogP contribution in [0.25, 0.3) is 5.65 Å². The van der Waals surface area contributed by atoms with Crippen molar-refractivity contribution in [3.8, 4) is 0 Å². The van der Waals surface area contributed by atoms with Crippen LogP contribution in [0.15, 0.2) is 18.5 Å². The van der Waals surface area contributed by atoms with Gasteiger partial charge in [-0.3, -0.25) is 4.40 Å². The zero-order valence-electron chi connectivity index (χ0n) is 12.7. The van der Waals surface area contributed by atoms with Crippen molar-refractivity contribution in [3.05, 3.63) is 24.2 Å². The lowest BCUT2D eigenvalue weighted by atomic mass is 10.0. The van der Waals surface area contributed by atoms with Gasteiger partial charge in [0.05, 0.1) is 19.3 Å². The number of hydrogen-bond acceptors (Lipinski definition) is 6. The Morgan fingerprint density at radius 2 is 2.24 bits per heavy atom. The summed E-state index contributed by atoms with van der Waals surface area (Å²) in [7, 11) is 2.98. The molecule has 7 heteroatoms. The van der Waals surface area contributed by atoms with Crippen LogP contribution in [0, 0.1) is 0 Å². The normalized spacial score (nSPS) is 13.9. The van der Waals surface area contributed by atoms with Crippen molar-refractivity contribution in [3.63, 3.8) is 0 Å². The number of fused-ring (bicyclic) bond motifs is 1. The maximum Gasteiger partial charge on any atom is 0.356 e. The number of esters is 1. The molecule has 21 heavy (non-hydrogen) atoms. The average molecular weight is 292 g/mol. The maximum absolute atomic E-state index is 11.7. The molecule has 1 unspecified atom stereocenters. The van der Waals surface area contributed by atoms with Crippen LogP contribution < -0.4 is 5.32 Å². The maximum atomic E-state index is 11.7. The molecule has 2 aromatic heterocycles. The van der Waals surface area contributed by atoms with Crippen LogP contribution in [0.2, 0.25) is 0 Å². The molecule has 0 saturated carbocycles. The van der Waals surface area contributed by atoms with Gasteiger partial charge in [0, 0.05) is 25.6 Å². The first-order valence-electron chi connectivity index (χ1n) is 6.72. The van der Waals surface area contributed by atoms with E-state index in [0.29, 0.717) is 18.2 Å². The number of anilines is 1. The molecule has 0 bridgehead atoms. The lowest BCUT2D eigenvalue weighted by molar-refractivity contribution is 0.0594. The standard InChI is InChI=1S/C14H20N4O3/c1-5-14(2,9-20-3)17-13-16-10(12(19)21-4)8-11-15-6-7-18(11)13/h6-8H,5,9H2,1-4H3,(H,16,17). The van der Waals surface area contributed by atoms with Crippen molar-refractivity contribution in [2.24, 2.45) is 0 Å². The van der Waals surface area contributed by atoms with E-state index in [-0.39, 0.29) is 11.2 Å². The van der Waals surface area contributed by atoms with Crippen LogP contribution in [0.1, 0.15) is 30.8 Å². The van der Waals surface area contributed by atoms with Gasteiger partial charge in [0.25, 0.3) is 0 Å². The number of ether oxygens (including phenoxy) is 2. The topological polar surface area (TPSA) is 77.8 Å². The third-order valence-corrected chi connectivity index (χ3v) is 3.44. The molecule has 114 valence electrons. The SMILES string of the molecule is CCC(C)(COC)Nc1nc(C(=O)OC)cc2nccn12. The second-order valence-corrected chi connectivity index (χ2v) is 5.08. The van der Waals surface area contributed by atoms with E-state index in [9.17, 15) is 4.79 Å². The minimum Gasteiger partial charge on any atom is -0.464 e. The van der Waals surface area contributed by atoms with Gasteiger partial charge < -0.3 is 14.8 Å². The molecule has 0 aliphatic carbocycles. The molecule has 0 amide bonds. The van der Waals surface area contributed by atoms with Crippen molar-refractivity contribution in [2.75, 3.05) is 26.1 Å². The largest absolute Gasteiger partial charge is 0.464 e. The molecule has 0 aliphatic rings. The summed E-state index contributed by atoms with van der Waals surface area (Å²) in [5.74, 6) is 0.0419. The fraction of sp³-hybridized carbons (Fsp3) is 0.500. The van der Waals surface area contributed by atoms with Crippen molar-refractivity contribution < 1.29 is 14.3 Å². The number of carbonyl (C=O) groups is 1. The summed E-state index contributed by atoms with van der Waals surface area (Å²) in [5, 5.41) is 3.33. The van der Waals surface area contributed by atoms with E-state index >= 15 is 0 Å². The quantitative estimate of drug-likeness (QED) is 0.817. The Kier molecular flexibility index (Phi) is 4.42. The monoisotopic (exact) mass is 292 g/mol. The van der Waals surface area contributed by atoms with E-state index in [1.807, 2.05) is 6.92 Å². The summed E-state index contributed by atoms with van der Waals surface area (Å²) >= 11 is 0. The van der Waals surface area contributed by atoms with Crippen LogP contribution in [-0.4, -0.2) is 46.7 Å². The predicted molar refractivity (Wildman–Crippen MR) is 78.5 cm³/mol.